The molecule has 2 aliphatic heterocycles. The van der Waals surface area contributed by atoms with Crippen molar-refractivity contribution in [3.63, 3.8) is 0 Å². The van der Waals surface area contributed by atoms with Gasteiger partial charge in [-0.05, 0) is 49.2 Å². The Bertz CT molecular complexity index is 1200. The maximum Gasteiger partial charge on any atom is 0.253 e. The molecular weight excluding hydrogens is 474 g/mol. The summed E-state index contributed by atoms with van der Waals surface area (Å²) in [7, 11) is 0. The summed E-state index contributed by atoms with van der Waals surface area (Å²) >= 11 is 6.03. The number of amides is 2. The zero-order chi connectivity index (χ0) is 24.9. The first-order valence-corrected chi connectivity index (χ1v) is 13.3. The number of para-hydroxylation sites is 1. The summed E-state index contributed by atoms with van der Waals surface area (Å²) in [5.74, 6) is 0.201. The highest BCUT2D eigenvalue weighted by Crippen LogP contribution is 2.19. The lowest BCUT2D eigenvalue weighted by molar-refractivity contribution is -0.134. The third-order valence-corrected chi connectivity index (χ3v) is 7.65. The third kappa shape index (κ3) is 5.91. The summed E-state index contributed by atoms with van der Waals surface area (Å²) in [5.41, 5.74) is 3.20. The molecule has 2 aromatic carbocycles. The number of rotatable bonds is 7. The van der Waals surface area contributed by atoms with E-state index in [1.54, 1.807) is 24.3 Å². The molecule has 2 aliphatic rings. The predicted octanol–water partition coefficient (Wildman–Crippen LogP) is 3.36. The van der Waals surface area contributed by atoms with Crippen LogP contribution >= 0.6 is 11.6 Å². The zero-order valence-electron chi connectivity index (χ0n) is 20.7. The van der Waals surface area contributed by atoms with E-state index in [0.717, 1.165) is 45.6 Å². The van der Waals surface area contributed by atoms with Crippen LogP contribution in [0.4, 0.5) is 0 Å². The molecule has 2 fully saturated rings. The number of nitrogens with one attached hydrogen (secondary N) is 1. The van der Waals surface area contributed by atoms with Gasteiger partial charge in [0.15, 0.2) is 0 Å². The average molecular weight is 508 g/mol. The minimum atomic E-state index is 0.00397. The molecule has 2 amide bonds. The number of hydrogen-bond acceptors (Lipinski definition) is 4. The van der Waals surface area contributed by atoms with Crippen molar-refractivity contribution in [2.75, 3.05) is 65.4 Å². The second kappa shape index (κ2) is 11.5. The highest BCUT2D eigenvalue weighted by Gasteiger charge is 2.26. The molecule has 0 atom stereocenters. The van der Waals surface area contributed by atoms with Crippen LogP contribution < -0.4 is 0 Å². The largest absolute Gasteiger partial charge is 0.361 e. The van der Waals surface area contributed by atoms with Crippen LogP contribution in [0.3, 0.4) is 0 Å². The first-order chi connectivity index (χ1) is 17.6. The molecule has 2 saturated heterocycles. The highest BCUT2D eigenvalue weighted by atomic mass is 35.5. The molecule has 3 heterocycles. The van der Waals surface area contributed by atoms with Crippen LogP contribution in [0.5, 0.6) is 0 Å². The summed E-state index contributed by atoms with van der Waals surface area (Å²) in [6.07, 6.45) is 4.32. The Morgan fingerprint density at radius 1 is 0.833 bits per heavy atom. The Kier molecular flexibility index (Phi) is 7.90. The molecule has 1 N–H and O–H groups in total. The van der Waals surface area contributed by atoms with Crippen LogP contribution in [-0.4, -0.2) is 102 Å². The standard InChI is InChI=1S/C28H34ClN5O2/c29-24-7-3-5-22(19-24)28(36)34-17-13-32(14-18-34)21-27(35)33-15-11-31(12-16-33)10-4-6-23-20-30-26-9-2-1-8-25(23)26/h1-3,5,7-9,19-20,30H,4,6,10-18,21H2. The normalized spacial score (nSPS) is 17.6. The fourth-order valence-corrected chi connectivity index (χ4v) is 5.45. The van der Waals surface area contributed by atoms with E-state index in [1.807, 2.05) is 9.80 Å². The quantitative estimate of drug-likeness (QED) is 0.532. The lowest BCUT2D eigenvalue weighted by Gasteiger charge is -2.38. The Hall–Kier alpha value is -2.87. The summed E-state index contributed by atoms with van der Waals surface area (Å²) in [6, 6.07) is 15.5. The minimum absolute atomic E-state index is 0.00397. The SMILES string of the molecule is O=C(CN1CCN(C(=O)c2cccc(Cl)c2)CC1)N1CCN(CCCc2c[nH]c3ccccc23)CC1. The van der Waals surface area contributed by atoms with Gasteiger partial charge in [-0.3, -0.25) is 19.4 Å². The molecule has 0 unspecified atom stereocenters. The van der Waals surface area contributed by atoms with Crippen molar-refractivity contribution in [3.05, 3.63) is 70.9 Å². The fraction of sp³-hybridized carbons (Fsp3) is 0.429. The smallest absolute Gasteiger partial charge is 0.253 e. The maximum absolute atomic E-state index is 12.9. The number of aromatic nitrogens is 1. The second-order valence-electron chi connectivity index (χ2n) is 9.76. The third-order valence-electron chi connectivity index (χ3n) is 7.41. The minimum Gasteiger partial charge on any atom is -0.361 e. The molecule has 0 aliphatic carbocycles. The van der Waals surface area contributed by atoms with E-state index in [9.17, 15) is 9.59 Å². The van der Waals surface area contributed by atoms with Crippen molar-refractivity contribution in [1.29, 1.82) is 0 Å². The van der Waals surface area contributed by atoms with Crippen molar-refractivity contribution in [2.24, 2.45) is 0 Å². The summed E-state index contributed by atoms with van der Waals surface area (Å²) in [4.78, 5) is 37.5. The molecule has 0 spiro atoms. The number of carbonyl (C=O) groups is 2. The molecule has 0 saturated carbocycles. The predicted molar refractivity (Wildman–Crippen MR) is 143 cm³/mol. The summed E-state index contributed by atoms with van der Waals surface area (Å²) in [5, 5.41) is 1.89. The van der Waals surface area contributed by atoms with E-state index in [0.29, 0.717) is 43.3 Å². The van der Waals surface area contributed by atoms with Crippen molar-refractivity contribution < 1.29 is 9.59 Å². The second-order valence-corrected chi connectivity index (χ2v) is 10.2. The van der Waals surface area contributed by atoms with E-state index >= 15 is 0 Å². The van der Waals surface area contributed by atoms with E-state index in [1.165, 1.54) is 16.5 Å². The van der Waals surface area contributed by atoms with E-state index in [4.69, 9.17) is 11.6 Å². The van der Waals surface area contributed by atoms with Crippen LogP contribution in [0.15, 0.2) is 54.7 Å². The van der Waals surface area contributed by atoms with Gasteiger partial charge >= 0.3 is 0 Å². The van der Waals surface area contributed by atoms with Gasteiger partial charge in [-0.1, -0.05) is 35.9 Å². The van der Waals surface area contributed by atoms with Crippen LogP contribution in [0.2, 0.25) is 5.02 Å². The highest BCUT2D eigenvalue weighted by molar-refractivity contribution is 6.30. The first-order valence-electron chi connectivity index (χ1n) is 12.9. The van der Waals surface area contributed by atoms with Gasteiger partial charge in [0.1, 0.15) is 0 Å². The number of nitrogens with zero attached hydrogens (tertiary/aromatic N) is 4. The van der Waals surface area contributed by atoms with Crippen molar-refractivity contribution in [1.82, 2.24) is 24.6 Å². The molecule has 190 valence electrons. The fourth-order valence-electron chi connectivity index (χ4n) is 5.26. The van der Waals surface area contributed by atoms with Crippen LogP contribution in [0, 0.1) is 0 Å². The Labute approximate surface area is 217 Å². The number of aromatic amines is 1. The topological polar surface area (TPSA) is 62.9 Å². The summed E-state index contributed by atoms with van der Waals surface area (Å²) < 4.78 is 0. The van der Waals surface area contributed by atoms with E-state index < -0.39 is 0 Å². The van der Waals surface area contributed by atoms with E-state index in [-0.39, 0.29) is 11.8 Å². The number of fused-ring (bicyclic) bond motifs is 1. The molecule has 7 nitrogen and oxygen atoms in total. The average Bonchev–Trinajstić information content (AvgIpc) is 3.32. The van der Waals surface area contributed by atoms with E-state index in [2.05, 4.69) is 45.2 Å². The number of benzene rings is 2. The first kappa shape index (κ1) is 24.8. The van der Waals surface area contributed by atoms with Crippen molar-refractivity contribution >= 4 is 34.3 Å². The number of H-pyrrole nitrogens is 1. The Morgan fingerprint density at radius 2 is 1.56 bits per heavy atom. The zero-order valence-corrected chi connectivity index (χ0v) is 21.4. The van der Waals surface area contributed by atoms with Gasteiger partial charge in [0.05, 0.1) is 6.54 Å². The van der Waals surface area contributed by atoms with Gasteiger partial charge in [0.25, 0.3) is 5.91 Å². The number of aryl methyl sites for hydroxylation is 1. The molecule has 1 aromatic heterocycles. The Balaban J connectivity index is 1.01. The molecule has 0 bridgehead atoms. The molecule has 0 radical (unpaired) electrons. The van der Waals surface area contributed by atoms with Crippen LogP contribution in [0.1, 0.15) is 22.3 Å². The number of piperazine rings is 2. The molecule has 36 heavy (non-hydrogen) atoms. The van der Waals surface area contributed by atoms with Gasteiger partial charge in [-0.25, -0.2) is 0 Å². The number of carbonyl (C=O) groups excluding carboxylic acids is 2. The number of halogens is 1. The van der Waals surface area contributed by atoms with Gasteiger partial charge in [0, 0.05) is 80.0 Å². The van der Waals surface area contributed by atoms with Gasteiger partial charge < -0.3 is 14.8 Å². The molecular formula is C28H34ClN5O2. The monoisotopic (exact) mass is 507 g/mol. The van der Waals surface area contributed by atoms with Crippen molar-refractivity contribution in [3.8, 4) is 0 Å². The molecule has 8 heteroatoms. The lowest BCUT2D eigenvalue weighted by Crippen LogP contribution is -2.54. The van der Waals surface area contributed by atoms with Crippen LogP contribution in [-0.2, 0) is 11.2 Å². The lowest BCUT2D eigenvalue weighted by atomic mass is 10.1. The van der Waals surface area contributed by atoms with Crippen LogP contribution in [0.25, 0.3) is 10.9 Å². The van der Waals surface area contributed by atoms with Gasteiger partial charge in [-0.2, -0.15) is 0 Å². The van der Waals surface area contributed by atoms with Crippen molar-refractivity contribution in [2.45, 2.75) is 12.8 Å². The summed E-state index contributed by atoms with van der Waals surface area (Å²) in [6.45, 7) is 7.62. The maximum atomic E-state index is 12.9. The Morgan fingerprint density at radius 3 is 2.33 bits per heavy atom. The number of hydrogen-bond donors (Lipinski definition) is 1. The molecule has 3 aromatic rings. The van der Waals surface area contributed by atoms with Gasteiger partial charge in [0.2, 0.25) is 5.91 Å². The van der Waals surface area contributed by atoms with Gasteiger partial charge in [-0.15, -0.1) is 0 Å². The molecule has 5 rings (SSSR count).